The van der Waals surface area contributed by atoms with Crippen molar-refractivity contribution in [2.45, 2.75) is 69.6 Å². The zero-order chi connectivity index (χ0) is 22.8. The highest BCUT2D eigenvalue weighted by atomic mass is 32.2. The quantitative estimate of drug-likeness (QED) is 0.560. The fraction of sp³-hybridized carbons (Fsp3) is 0.500. The average Bonchev–Trinajstić information content (AvgIpc) is 3.23. The summed E-state index contributed by atoms with van der Waals surface area (Å²) in [7, 11) is -1.82. The van der Waals surface area contributed by atoms with Gasteiger partial charge in [-0.1, -0.05) is 13.8 Å². The van der Waals surface area contributed by atoms with Crippen molar-refractivity contribution in [3.8, 4) is 0 Å². The zero-order valence-electron chi connectivity index (χ0n) is 17.8. The lowest BCUT2D eigenvalue weighted by Crippen LogP contribution is -2.22. The number of carbonyl (C=O) groups is 1. The summed E-state index contributed by atoms with van der Waals surface area (Å²) in [5.74, 6) is -0.266. The van der Waals surface area contributed by atoms with Gasteiger partial charge < -0.3 is 16.2 Å². The Kier molecular flexibility index (Phi) is 7.73. The Morgan fingerprint density at radius 3 is 2.47 bits per heavy atom. The number of halogens is 1. The van der Waals surface area contributed by atoms with E-state index in [-0.39, 0.29) is 4.21 Å². The lowest BCUT2D eigenvalue weighted by Gasteiger charge is -2.17. The summed E-state index contributed by atoms with van der Waals surface area (Å²) in [4.78, 5) is 16.2. The van der Waals surface area contributed by atoms with Crippen molar-refractivity contribution in [1.82, 2.24) is 4.98 Å². The van der Waals surface area contributed by atoms with Crippen LogP contribution in [0.4, 0.5) is 14.9 Å². The summed E-state index contributed by atoms with van der Waals surface area (Å²) < 4.78 is 23.8. The van der Waals surface area contributed by atoms with Gasteiger partial charge in [0.25, 0.3) is 0 Å². The van der Waals surface area contributed by atoms with E-state index in [0.29, 0.717) is 10.8 Å². The Balaban J connectivity index is 0.000000222. The molecule has 1 unspecified atom stereocenters. The largest absolute Gasteiger partial charge is 0.385 e. The molecule has 1 aliphatic rings. The average molecular weight is 457 g/mol. The predicted molar refractivity (Wildman–Crippen MR) is 118 cm³/mol. The minimum Gasteiger partial charge on any atom is -0.385 e. The van der Waals surface area contributed by atoms with Gasteiger partial charge in [-0.25, -0.2) is 18.5 Å². The number of pyridine rings is 1. The SMILES string of the molecule is CC(C)(O)c1cc(F)c(S(N)=O)s1.Cc1c(C(C)C)nc2c(c1NC(N)=O)CCC2. The molecule has 0 radical (unpaired) electrons. The third kappa shape index (κ3) is 5.63. The normalized spacial score (nSPS) is 14.2. The molecule has 0 fully saturated rings. The van der Waals surface area contributed by atoms with E-state index in [2.05, 4.69) is 19.2 Å². The maximum absolute atomic E-state index is 13.0. The molecule has 0 spiro atoms. The van der Waals surface area contributed by atoms with Gasteiger partial charge >= 0.3 is 6.03 Å². The maximum atomic E-state index is 13.0. The summed E-state index contributed by atoms with van der Waals surface area (Å²) in [6, 6.07) is 0.660. The predicted octanol–water partition coefficient (Wildman–Crippen LogP) is 3.59. The molecule has 1 aliphatic carbocycles. The molecule has 2 heterocycles. The van der Waals surface area contributed by atoms with Crippen LogP contribution in [-0.2, 0) is 29.4 Å². The number of hydrogen-bond acceptors (Lipinski definition) is 5. The number of urea groups is 1. The Labute approximate surface area is 182 Å². The van der Waals surface area contributed by atoms with Gasteiger partial charge in [-0.3, -0.25) is 4.98 Å². The number of rotatable bonds is 4. The van der Waals surface area contributed by atoms with E-state index >= 15 is 0 Å². The van der Waals surface area contributed by atoms with Gasteiger partial charge in [0.2, 0.25) is 0 Å². The van der Waals surface area contributed by atoms with Gasteiger partial charge in [-0.05, 0) is 63.1 Å². The van der Waals surface area contributed by atoms with Crippen LogP contribution in [0, 0.1) is 12.7 Å². The Morgan fingerprint density at radius 1 is 1.40 bits per heavy atom. The number of nitrogens with one attached hydrogen (secondary N) is 1. The van der Waals surface area contributed by atoms with E-state index in [0.717, 1.165) is 59.3 Å². The molecule has 0 saturated carbocycles. The summed E-state index contributed by atoms with van der Waals surface area (Å²) in [5, 5.41) is 17.3. The first-order valence-electron chi connectivity index (χ1n) is 9.60. The van der Waals surface area contributed by atoms with Crippen molar-refractivity contribution in [2.75, 3.05) is 5.32 Å². The van der Waals surface area contributed by atoms with E-state index in [9.17, 15) is 18.5 Å². The summed E-state index contributed by atoms with van der Waals surface area (Å²) >= 11 is 0.924. The topological polar surface area (TPSA) is 131 Å². The van der Waals surface area contributed by atoms with E-state index in [1.807, 2.05) is 6.92 Å². The van der Waals surface area contributed by atoms with E-state index < -0.39 is 28.4 Å². The number of nitrogens with two attached hydrogens (primary N) is 2. The first-order chi connectivity index (χ1) is 13.8. The first-order valence-corrected chi connectivity index (χ1v) is 11.6. The van der Waals surface area contributed by atoms with Crippen LogP contribution in [0.2, 0.25) is 0 Å². The molecule has 1 atom stereocenters. The molecule has 0 aromatic carbocycles. The summed E-state index contributed by atoms with van der Waals surface area (Å²) in [5.41, 5.74) is 9.43. The van der Waals surface area contributed by atoms with Crippen LogP contribution in [0.5, 0.6) is 0 Å². The van der Waals surface area contributed by atoms with Crippen molar-refractivity contribution in [2.24, 2.45) is 10.9 Å². The molecule has 166 valence electrons. The summed E-state index contributed by atoms with van der Waals surface area (Å²) in [6.45, 7) is 9.30. The molecule has 2 aromatic heterocycles. The van der Waals surface area contributed by atoms with Gasteiger partial charge in [0.15, 0.2) is 5.82 Å². The molecule has 0 saturated heterocycles. The molecular formula is C20H29FN4O3S2. The Morgan fingerprint density at radius 2 is 2.03 bits per heavy atom. The van der Waals surface area contributed by atoms with E-state index in [1.54, 1.807) is 0 Å². The van der Waals surface area contributed by atoms with Crippen LogP contribution < -0.4 is 16.2 Å². The number of aromatic nitrogens is 1. The molecule has 10 heteroatoms. The summed E-state index contributed by atoms with van der Waals surface area (Å²) in [6.07, 6.45) is 3.09. The highest BCUT2D eigenvalue weighted by molar-refractivity contribution is 7.85. The van der Waals surface area contributed by atoms with Crippen LogP contribution in [0.15, 0.2) is 10.3 Å². The number of nitrogens with zero attached hydrogens (tertiary/aromatic N) is 1. The maximum Gasteiger partial charge on any atom is 0.316 e. The van der Waals surface area contributed by atoms with Crippen molar-refractivity contribution >= 4 is 34.0 Å². The van der Waals surface area contributed by atoms with E-state index in [1.165, 1.54) is 19.4 Å². The highest BCUT2D eigenvalue weighted by Gasteiger charge is 2.24. The van der Waals surface area contributed by atoms with Crippen LogP contribution in [0.1, 0.15) is 67.4 Å². The smallest absolute Gasteiger partial charge is 0.316 e. The standard InChI is InChI=1S/C13H19N3O.C7H10FNO2S2/c1-7(2)11-8(3)12(16-13(14)17)9-5-4-6-10(9)15-11;1-7(2,10)5-3-4(8)6(12-5)13(9)11/h7H,4-6H2,1-3H3,(H3,14,15,16,17);3,10H,9H2,1-2H3. The van der Waals surface area contributed by atoms with Gasteiger partial charge in [-0.2, -0.15) is 0 Å². The van der Waals surface area contributed by atoms with Crippen molar-refractivity contribution in [1.29, 1.82) is 0 Å². The monoisotopic (exact) mass is 456 g/mol. The van der Waals surface area contributed by atoms with Gasteiger partial charge in [-0.15, -0.1) is 11.3 Å². The Hall–Kier alpha value is -1.88. The number of fused-ring (bicyclic) bond motifs is 1. The first kappa shape index (κ1) is 24.4. The molecule has 2 aromatic rings. The number of amides is 2. The van der Waals surface area contributed by atoms with Gasteiger partial charge in [0, 0.05) is 16.3 Å². The fourth-order valence-electron chi connectivity index (χ4n) is 3.35. The lowest BCUT2D eigenvalue weighted by molar-refractivity contribution is 0.0823. The fourth-order valence-corrected chi connectivity index (χ4v) is 4.97. The zero-order valence-corrected chi connectivity index (χ0v) is 19.5. The molecular weight excluding hydrogens is 427 g/mol. The second-order valence-electron chi connectivity index (χ2n) is 8.02. The lowest BCUT2D eigenvalue weighted by atomic mass is 9.99. The number of thiophene rings is 1. The van der Waals surface area contributed by atoms with Crippen LogP contribution >= 0.6 is 11.3 Å². The second-order valence-corrected chi connectivity index (χ2v) is 10.3. The number of carbonyl (C=O) groups excluding carboxylic acids is 1. The van der Waals surface area contributed by atoms with Gasteiger partial charge in [0.1, 0.15) is 15.2 Å². The number of hydrogen-bond donors (Lipinski definition) is 4. The van der Waals surface area contributed by atoms with Crippen LogP contribution in [-0.4, -0.2) is 20.3 Å². The molecule has 2 amide bonds. The third-order valence-corrected chi connectivity index (χ3v) is 7.26. The molecule has 0 aliphatic heterocycles. The minimum atomic E-state index is -1.82. The van der Waals surface area contributed by atoms with Crippen LogP contribution in [0.25, 0.3) is 0 Å². The molecule has 0 bridgehead atoms. The molecule has 3 rings (SSSR count). The second kappa shape index (κ2) is 9.51. The third-order valence-electron chi connectivity index (χ3n) is 4.74. The molecule has 6 N–H and O–H groups in total. The van der Waals surface area contributed by atoms with Crippen molar-refractivity contribution < 1.29 is 18.5 Å². The number of primary amides is 1. The van der Waals surface area contributed by atoms with Gasteiger partial charge in [0.05, 0.1) is 11.3 Å². The highest BCUT2D eigenvalue weighted by Crippen LogP contribution is 2.34. The minimum absolute atomic E-state index is 0.0304. The molecule has 7 nitrogen and oxygen atoms in total. The van der Waals surface area contributed by atoms with Crippen molar-refractivity contribution in [3.63, 3.8) is 0 Å². The van der Waals surface area contributed by atoms with Crippen LogP contribution in [0.3, 0.4) is 0 Å². The van der Waals surface area contributed by atoms with Crippen molar-refractivity contribution in [3.05, 3.63) is 39.3 Å². The number of anilines is 1. The molecule has 30 heavy (non-hydrogen) atoms. The number of aliphatic hydroxyl groups is 1. The van der Waals surface area contributed by atoms with E-state index in [4.69, 9.17) is 15.9 Å². The number of aryl methyl sites for hydroxylation is 1. The Bertz CT molecular complexity index is 968.